The number of likely N-dealkylation sites (tertiary alicyclic amines) is 1. The summed E-state index contributed by atoms with van der Waals surface area (Å²) in [5.41, 5.74) is 6.49. The molecule has 0 bridgehead atoms. The van der Waals surface area contributed by atoms with Gasteiger partial charge in [0.15, 0.2) is 0 Å². The molecule has 7 nitrogen and oxygen atoms in total. The van der Waals surface area contributed by atoms with Crippen molar-refractivity contribution in [3.8, 4) is 0 Å². The van der Waals surface area contributed by atoms with Crippen molar-refractivity contribution in [2.24, 2.45) is 11.7 Å². The summed E-state index contributed by atoms with van der Waals surface area (Å²) in [5.74, 6) is -0.593. The second-order valence-electron chi connectivity index (χ2n) is 5.37. The largest absolute Gasteiger partial charge is 0.351 e. The van der Waals surface area contributed by atoms with Gasteiger partial charge >= 0.3 is 6.03 Å². The van der Waals surface area contributed by atoms with Crippen molar-refractivity contribution in [2.45, 2.75) is 19.8 Å². The normalized spacial score (nSPS) is 17.7. The fraction of sp³-hybridized carbons (Fsp3) is 0.400. The van der Waals surface area contributed by atoms with Crippen LogP contribution in [0.3, 0.4) is 0 Å². The molecule has 2 rings (SSSR count). The zero-order valence-corrected chi connectivity index (χ0v) is 12.5. The lowest BCUT2D eigenvalue weighted by atomic mass is 9.97. The number of carbonyl (C=O) groups excluding carboxylic acids is 3. The maximum atomic E-state index is 12.3. The summed E-state index contributed by atoms with van der Waals surface area (Å²) in [7, 11) is 0. The van der Waals surface area contributed by atoms with Crippen molar-refractivity contribution in [1.29, 1.82) is 0 Å². The molecule has 0 unspecified atom stereocenters. The van der Waals surface area contributed by atoms with E-state index in [4.69, 9.17) is 5.73 Å². The number of nitrogens with zero attached hydrogens (tertiary/aromatic N) is 1. The molecule has 4 amide bonds. The third-order valence-electron chi connectivity index (χ3n) is 3.55. The Morgan fingerprint density at radius 3 is 2.55 bits per heavy atom. The fourth-order valence-corrected chi connectivity index (χ4v) is 2.51. The number of carbonyl (C=O) groups is 3. The molecule has 118 valence electrons. The number of hydrogen-bond acceptors (Lipinski definition) is 3. The van der Waals surface area contributed by atoms with E-state index < -0.39 is 6.03 Å². The van der Waals surface area contributed by atoms with Crippen LogP contribution >= 0.6 is 0 Å². The molecule has 7 heteroatoms. The van der Waals surface area contributed by atoms with Gasteiger partial charge < -0.3 is 21.3 Å². The summed E-state index contributed by atoms with van der Waals surface area (Å²) in [6, 6.07) is 6.43. The Morgan fingerprint density at radius 2 is 1.91 bits per heavy atom. The Hall–Kier alpha value is -2.57. The van der Waals surface area contributed by atoms with Gasteiger partial charge in [0, 0.05) is 31.4 Å². The second-order valence-corrected chi connectivity index (χ2v) is 5.37. The first-order valence-electron chi connectivity index (χ1n) is 7.18. The molecule has 0 spiro atoms. The van der Waals surface area contributed by atoms with E-state index in [1.165, 1.54) is 11.8 Å². The van der Waals surface area contributed by atoms with Gasteiger partial charge in [-0.05, 0) is 31.0 Å². The van der Waals surface area contributed by atoms with Crippen LogP contribution in [-0.4, -0.2) is 35.8 Å². The quantitative estimate of drug-likeness (QED) is 0.785. The maximum Gasteiger partial charge on any atom is 0.314 e. The summed E-state index contributed by atoms with van der Waals surface area (Å²) in [6.45, 7) is 2.36. The van der Waals surface area contributed by atoms with Crippen LogP contribution < -0.4 is 16.4 Å². The molecule has 1 saturated heterocycles. The molecule has 1 aromatic rings. The Labute approximate surface area is 128 Å². The number of nitrogens with one attached hydrogen (secondary N) is 2. The fourth-order valence-electron chi connectivity index (χ4n) is 2.51. The summed E-state index contributed by atoms with van der Waals surface area (Å²) < 4.78 is 0. The van der Waals surface area contributed by atoms with Crippen LogP contribution in [-0.2, 0) is 9.59 Å². The van der Waals surface area contributed by atoms with Crippen molar-refractivity contribution >= 4 is 29.2 Å². The third kappa shape index (κ3) is 4.21. The van der Waals surface area contributed by atoms with Crippen LogP contribution in [0.1, 0.15) is 19.8 Å². The number of anilines is 2. The molecule has 0 aliphatic carbocycles. The van der Waals surface area contributed by atoms with Crippen molar-refractivity contribution in [3.63, 3.8) is 0 Å². The Morgan fingerprint density at radius 1 is 1.23 bits per heavy atom. The molecule has 1 fully saturated rings. The average Bonchev–Trinajstić information content (AvgIpc) is 2.47. The van der Waals surface area contributed by atoms with Gasteiger partial charge in [-0.3, -0.25) is 9.59 Å². The van der Waals surface area contributed by atoms with Gasteiger partial charge in [-0.25, -0.2) is 4.79 Å². The predicted molar refractivity (Wildman–Crippen MR) is 83.3 cm³/mol. The number of benzene rings is 1. The highest BCUT2D eigenvalue weighted by molar-refractivity contribution is 5.94. The second kappa shape index (κ2) is 6.93. The number of nitrogens with two attached hydrogens (primary N) is 1. The van der Waals surface area contributed by atoms with E-state index in [1.54, 1.807) is 24.3 Å². The zero-order valence-electron chi connectivity index (χ0n) is 12.5. The van der Waals surface area contributed by atoms with Crippen LogP contribution in [0.5, 0.6) is 0 Å². The molecule has 0 radical (unpaired) electrons. The van der Waals surface area contributed by atoms with Gasteiger partial charge in [0.2, 0.25) is 11.8 Å². The van der Waals surface area contributed by atoms with Crippen LogP contribution in [0.2, 0.25) is 0 Å². The lowest BCUT2D eigenvalue weighted by Crippen LogP contribution is -2.46. The van der Waals surface area contributed by atoms with Gasteiger partial charge in [0.05, 0.1) is 5.92 Å². The average molecular weight is 304 g/mol. The highest BCUT2D eigenvalue weighted by atomic mass is 16.2. The molecular formula is C15H20N4O3. The van der Waals surface area contributed by atoms with E-state index >= 15 is 0 Å². The Kier molecular flexibility index (Phi) is 4.98. The molecule has 1 atom stereocenters. The number of amides is 4. The van der Waals surface area contributed by atoms with E-state index in [1.807, 2.05) is 0 Å². The standard InChI is InChI=1S/C15H20N4O3/c1-10(20)17-12-5-2-6-13(8-12)18-14(21)11-4-3-7-19(9-11)15(16)22/h2,5-6,8,11H,3-4,7,9H2,1H3,(H2,16,22)(H,17,20)(H,18,21)/t11-/m1/s1. The van der Waals surface area contributed by atoms with Gasteiger partial charge in [-0.1, -0.05) is 6.07 Å². The zero-order chi connectivity index (χ0) is 16.1. The van der Waals surface area contributed by atoms with E-state index in [2.05, 4.69) is 10.6 Å². The van der Waals surface area contributed by atoms with Gasteiger partial charge in [0.1, 0.15) is 0 Å². The summed E-state index contributed by atoms with van der Waals surface area (Å²) in [5, 5.41) is 5.48. The minimum absolute atomic E-state index is 0.147. The smallest absolute Gasteiger partial charge is 0.314 e. The molecule has 22 heavy (non-hydrogen) atoms. The lowest BCUT2D eigenvalue weighted by Gasteiger charge is -2.30. The molecule has 1 aliphatic heterocycles. The number of rotatable bonds is 3. The number of urea groups is 1. The molecule has 1 aliphatic rings. The maximum absolute atomic E-state index is 12.3. The Bertz CT molecular complexity index is 588. The first-order chi connectivity index (χ1) is 10.5. The van der Waals surface area contributed by atoms with Gasteiger partial charge in [0.25, 0.3) is 0 Å². The SMILES string of the molecule is CC(=O)Nc1cccc(NC(=O)[C@@H]2CCCN(C(N)=O)C2)c1. The summed E-state index contributed by atoms with van der Waals surface area (Å²) in [4.78, 5) is 36.0. The monoisotopic (exact) mass is 304 g/mol. The van der Waals surface area contributed by atoms with E-state index in [-0.39, 0.29) is 17.7 Å². The van der Waals surface area contributed by atoms with Gasteiger partial charge in [-0.15, -0.1) is 0 Å². The highest BCUT2D eigenvalue weighted by Gasteiger charge is 2.27. The Balaban J connectivity index is 1.99. The summed E-state index contributed by atoms with van der Waals surface area (Å²) >= 11 is 0. The minimum Gasteiger partial charge on any atom is -0.351 e. The van der Waals surface area contributed by atoms with Crippen LogP contribution in [0.15, 0.2) is 24.3 Å². The molecule has 1 aromatic carbocycles. The minimum atomic E-state index is -0.495. The van der Waals surface area contributed by atoms with Gasteiger partial charge in [-0.2, -0.15) is 0 Å². The molecule has 4 N–H and O–H groups in total. The topological polar surface area (TPSA) is 105 Å². The first-order valence-corrected chi connectivity index (χ1v) is 7.18. The number of piperidine rings is 1. The van der Waals surface area contributed by atoms with Crippen molar-refractivity contribution in [2.75, 3.05) is 23.7 Å². The molecule has 1 heterocycles. The van der Waals surface area contributed by atoms with E-state index in [9.17, 15) is 14.4 Å². The molecular weight excluding hydrogens is 284 g/mol. The van der Waals surface area contributed by atoms with Crippen molar-refractivity contribution in [1.82, 2.24) is 4.90 Å². The predicted octanol–water partition coefficient (Wildman–Crippen LogP) is 1.37. The van der Waals surface area contributed by atoms with E-state index in [0.29, 0.717) is 24.5 Å². The number of hydrogen-bond donors (Lipinski definition) is 3. The highest BCUT2D eigenvalue weighted by Crippen LogP contribution is 2.20. The lowest BCUT2D eigenvalue weighted by molar-refractivity contribution is -0.121. The van der Waals surface area contributed by atoms with Crippen molar-refractivity contribution in [3.05, 3.63) is 24.3 Å². The third-order valence-corrected chi connectivity index (χ3v) is 3.55. The van der Waals surface area contributed by atoms with Crippen LogP contribution in [0.4, 0.5) is 16.2 Å². The van der Waals surface area contributed by atoms with Crippen LogP contribution in [0, 0.1) is 5.92 Å². The van der Waals surface area contributed by atoms with Crippen molar-refractivity contribution < 1.29 is 14.4 Å². The van der Waals surface area contributed by atoms with E-state index in [0.717, 1.165) is 12.8 Å². The summed E-state index contributed by atoms with van der Waals surface area (Å²) in [6.07, 6.45) is 1.48. The first kappa shape index (κ1) is 15.8. The van der Waals surface area contributed by atoms with Crippen LogP contribution in [0.25, 0.3) is 0 Å². The molecule has 0 aromatic heterocycles. The molecule has 0 saturated carbocycles. The number of primary amides is 1.